The standard InChI is InChI=1S/C11H13NO4/c1-2-3-10(14)12-7-4-5-9(13)8(6-7)11(15)16/h4-6,13H,2-3H2,1H3,(H,12,14)(H,15,16). The Bertz CT molecular complexity index is 414. The van der Waals surface area contributed by atoms with E-state index in [0.717, 1.165) is 6.42 Å². The number of phenols is 1. The summed E-state index contributed by atoms with van der Waals surface area (Å²) >= 11 is 0. The highest BCUT2D eigenvalue weighted by Crippen LogP contribution is 2.21. The highest BCUT2D eigenvalue weighted by molar-refractivity contribution is 5.95. The largest absolute Gasteiger partial charge is 0.507 e. The molecule has 0 heterocycles. The molecule has 1 amide bonds. The van der Waals surface area contributed by atoms with Crippen LogP contribution >= 0.6 is 0 Å². The quantitative estimate of drug-likeness (QED) is 0.679. The molecule has 0 radical (unpaired) electrons. The van der Waals surface area contributed by atoms with Crippen LogP contribution < -0.4 is 5.32 Å². The van der Waals surface area contributed by atoms with Crippen LogP contribution in [-0.4, -0.2) is 22.1 Å². The van der Waals surface area contributed by atoms with Gasteiger partial charge in [-0.3, -0.25) is 4.79 Å². The minimum atomic E-state index is -1.23. The molecule has 1 rings (SSSR count). The van der Waals surface area contributed by atoms with Crippen molar-refractivity contribution >= 4 is 17.6 Å². The highest BCUT2D eigenvalue weighted by Gasteiger charge is 2.11. The molecule has 5 nitrogen and oxygen atoms in total. The first-order chi connectivity index (χ1) is 7.54. The van der Waals surface area contributed by atoms with Gasteiger partial charge in [-0.05, 0) is 24.6 Å². The van der Waals surface area contributed by atoms with Gasteiger partial charge in [0, 0.05) is 12.1 Å². The Morgan fingerprint density at radius 3 is 2.62 bits per heavy atom. The van der Waals surface area contributed by atoms with E-state index in [4.69, 9.17) is 5.11 Å². The summed E-state index contributed by atoms with van der Waals surface area (Å²) in [7, 11) is 0. The highest BCUT2D eigenvalue weighted by atomic mass is 16.4. The van der Waals surface area contributed by atoms with Crippen LogP contribution in [0.1, 0.15) is 30.1 Å². The number of amides is 1. The van der Waals surface area contributed by atoms with Gasteiger partial charge in [-0.2, -0.15) is 0 Å². The maximum absolute atomic E-state index is 11.3. The van der Waals surface area contributed by atoms with Gasteiger partial charge in [0.05, 0.1) is 0 Å². The van der Waals surface area contributed by atoms with Gasteiger partial charge in [0.2, 0.25) is 5.91 Å². The Balaban J connectivity index is 2.87. The van der Waals surface area contributed by atoms with Crippen molar-refractivity contribution < 1.29 is 19.8 Å². The van der Waals surface area contributed by atoms with Gasteiger partial charge in [0.25, 0.3) is 0 Å². The first-order valence-electron chi connectivity index (χ1n) is 4.90. The van der Waals surface area contributed by atoms with Crippen LogP contribution in [0.3, 0.4) is 0 Å². The molecule has 0 aliphatic carbocycles. The average Bonchev–Trinajstić information content (AvgIpc) is 2.21. The van der Waals surface area contributed by atoms with Crippen molar-refractivity contribution in [1.29, 1.82) is 0 Å². The molecular weight excluding hydrogens is 210 g/mol. The lowest BCUT2D eigenvalue weighted by Crippen LogP contribution is -2.11. The summed E-state index contributed by atoms with van der Waals surface area (Å²) in [6.45, 7) is 1.87. The van der Waals surface area contributed by atoms with E-state index in [1.165, 1.54) is 18.2 Å². The molecule has 0 aromatic heterocycles. The van der Waals surface area contributed by atoms with Crippen LogP contribution in [0.5, 0.6) is 5.75 Å². The summed E-state index contributed by atoms with van der Waals surface area (Å²) in [5.41, 5.74) is 0.142. The monoisotopic (exact) mass is 223 g/mol. The van der Waals surface area contributed by atoms with Gasteiger partial charge in [0.1, 0.15) is 11.3 Å². The lowest BCUT2D eigenvalue weighted by Gasteiger charge is -2.06. The summed E-state index contributed by atoms with van der Waals surface area (Å²) in [5, 5.41) is 20.6. The molecule has 0 unspecified atom stereocenters. The minimum Gasteiger partial charge on any atom is -0.507 e. The molecule has 0 saturated heterocycles. The fourth-order valence-electron chi connectivity index (χ4n) is 1.24. The molecule has 0 bridgehead atoms. The second-order valence-electron chi connectivity index (χ2n) is 3.34. The van der Waals surface area contributed by atoms with Gasteiger partial charge >= 0.3 is 5.97 Å². The third kappa shape index (κ3) is 2.98. The summed E-state index contributed by atoms with van der Waals surface area (Å²) in [6.07, 6.45) is 1.10. The number of aromatic hydroxyl groups is 1. The normalized spacial score (nSPS) is 9.81. The number of carboxylic acid groups (broad SMARTS) is 1. The van der Waals surface area contributed by atoms with Crippen molar-refractivity contribution in [3.05, 3.63) is 23.8 Å². The molecule has 86 valence electrons. The van der Waals surface area contributed by atoms with Gasteiger partial charge in [-0.15, -0.1) is 0 Å². The molecule has 0 aliphatic heterocycles. The zero-order valence-corrected chi connectivity index (χ0v) is 8.86. The number of carboxylic acids is 1. The third-order valence-electron chi connectivity index (χ3n) is 1.99. The number of hydrogen-bond acceptors (Lipinski definition) is 3. The van der Waals surface area contributed by atoms with Crippen molar-refractivity contribution in [2.24, 2.45) is 0 Å². The zero-order chi connectivity index (χ0) is 12.1. The summed E-state index contributed by atoms with van der Waals surface area (Å²) in [5.74, 6) is -1.73. The zero-order valence-electron chi connectivity index (χ0n) is 8.86. The Labute approximate surface area is 92.7 Å². The number of carbonyl (C=O) groups excluding carboxylic acids is 1. The van der Waals surface area contributed by atoms with Crippen molar-refractivity contribution in [3.63, 3.8) is 0 Å². The van der Waals surface area contributed by atoms with Crippen molar-refractivity contribution in [2.45, 2.75) is 19.8 Å². The predicted octanol–water partition coefficient (Wildman–Crippen LogP) is 1.83. The van der Waals surface area contributed by atoms with Gasteiger partial charge < -0.3 is 15.5 Å². The Kier molecular flexibility index (Phi) is 3.88. The van der Waals surface area contributed by atoms with E-state index < -0.39 is 5.97 Å². The Morgan fingerprint density at radius 1 is 1.38 bits per heavy atom. The molecule has 0 spiro atoms. The van der Waals surface area contributed by atoms with E-state index >= 15 is 0 Å². The lowest BCUT2D eigenvalue weighted by atomic mass is 10.1. The van der Waals surface area contributed by atoms with E-state index in [1.54, 1.807) is 0 Å². The Morgan fingerprint density at radius 2 is 2.06 bits per heavy atom. The molecule has 3 N–H and O–H groups in total. The van der Waals surface area contributed by atoms with E-state index in [2.05, 4.69) is 5.32 Å². The molecule has 5 heteroatoms. The van der Waals surface area contributed by atoms with Gasteiger partial charge in [-0.25, -0.2) is 4.79 Å². The average molecular weight is 223 g/mol. The number of rotatable bonds is 4. The van der Waals surface area contributed by atoms with Crippen LogP contribution in [0.2, 0.25) is 0 Å². The third-order valence-corrected chi connectivity index (χ3v) is 1.99. The van der Waals surface area contributed by atoms with Gasteiger partial charge in [-0.1, -0.05) is 6.92 Å². The van der Waals surface area contributed by atoms with Crippen LogP contribution in [0.25, 0.3) is 0 Å². The molecule has 0 aliphatic rings. The van der Waals surface area contributed by atoms with Crippen molar-refractivity contribution in [3.8, 4) is 5.75 Å². The van der Waals surface area contributed by atoms with E-state index in [0.29, 0.717) is 12.1 Å². The fourth-order valence-corrected chi connectivity index (χ4v) is 1.24. The van der Waals surface area contributed by atoms with Crippen molar-refractivity contribution in [2.75, 3.05) is 5.32 Å². The first kappa shape index (κ1) is 12.0. The Hall–Kier alpha value is -2.04. The second-order valence-corrected chi connectivity index (χ2v) is 3.34. The maximum Gasteiger partial charge on any atom is 0.339 e. The number of anilines is 1. The number of benzene rings is 1. The molecule has 16 heavy (non-hydrogen) atoms. The van der Waals surface area contributed by atoms with Crippen LogP contribution in [0.4, 0.5) is 5.69 Å². The summed E-state index contributed by atoms with van der Waals surface area (Å²) in [4.78, 5) is 22.0. The molecule has 0 saturated carbocycles. The topological polar surface area (TPSA) is 86.6 Å². The predicted molar refractivity (Wildman–Crippen MR) is 58.6 cm³/mol. The molecule has 0 atom stereocenters. The SMILES string of the molecule is CCCC(=O)Nc1ccc(O)c(C(=O)O)c1. The number of hydrogen-bond donors (Lipinski definition) is 3. The number of nitrogens with one attached hydrogen (secondary N) is 1. The molecule has 1 aromatic rings. The first-order valence-corrected chi connectivity index (χ1v) is 4.90. The molecular formula is C11H13NO4. The number of carbonyl (C=O) groups is 2. The fraction of sp³-hybridized carbons (Fsp3) is 0.273. The minimum absolute atomic E-state index is 0.176. The smallest absolute Gasteiger partial charge is 0.339 e. The van der Waals surface area contributed by atoms with E-state index in [9.17, 15) is 14.7 Å². The van der Waals surface area contributed by atoms with E-state index in [-0.39, 0.29) is 17.2 Å². The lowest BCUT2D eigenvalue weighted by molar-refractivity contribution is -0.116. The van der Waals surface area contributed by atoms with Gasteiger partial charge in [0.15, 0.2) is 0 Å². The van der Waals surface area contributed by atoms with Crippen LogP contribution in [0.15, 0.2) is 18.2 Å². The maximum atomic E-state index is 11.3. The summed E-state index contributed by atoms with van der Waals surface area (Å²) in [6, 6.07) is 3.92. The van der Waals surface area contributed by atoms with Crippen LogP contribution in [-0.2, 0) is 4.79 Å². The van der Waals surface area contributed by atoms with E-state index in [1.807, 2.05) is 6.92 Å². The molecule has 0 fully saturated rings. The summed E-state index contributed by atoms with van der Waals surface area (Å²) < 4.78 is 0. The molecule has 1 aromatic carbocycles. The second kappa shape index (κ2) is 5.16. The number of aromatic carboxylic acids is 1. The van der Waals surface area contributed by atoms with Crippen LogP contribution in [0, 0.1) is 0 Å². The van der Waals surface area contributed by atoms with Crippen molar-refractivity contribution in [1.82, 2.24) is 0 Å².